The van der Waals surface area contributed by atoms with Gasteiger partial charge in [0.15, 0.2) is 0 Å². The van der Waals surface area contributed by atoms with Crippen molar-refractivity contribution in [2.45, 2.75) is 45.1 Å². The van der Waals surface area contributed by atoms with Crippen LogP contribution in [0, 0.1) is 12.3 Å². The van der Waals surface area contributed by atoms with Crippen LogP contribution in [0.3, 0.4) is 0 Å². The predicted molar refractivity (Wildman–Crippen MR) is 80.1 cm³/mol. The minimum absolute atomic E-state index is 0.174. The fourth-order valence-corrected chi connectivity index (χ4v) is 3.45. The van der Waals surface area contributed by atoms with Crippen molar-refractivity contribution in [3.8, 4) is 0 Å². The molecule has 1 atom stereocenters. The highest BCUT2D eigenvalue weighted by atomic mass is 35.5. The normalized spacial score (nSPS) is 14.4. The Labute approximate surface area is 121 Å². The number of alkyl halides is 1. The lowest BCUT2D eigenvalue weighted by atomic mass is 9.86. The van der Waals surface area contributed by atoms with Crippen molar-refractivity contribution in [1.29, 1.82) is 0 Å². The number of hydrogen-bond acceptors (Lipinski definition) is 2. The molecule has 1 unspecified atom stereocenters. The Morgan fingerprint density at radius 1 is 1.21 bits per heavy atom. The van der Waals surface area contributed by atoms with Gasteiger partial charge in [-0.15, -0.1) is 11.6 Å². The Hall–Kier alpha value is -0.580. The number of halogens is 1. The Kier molecular flexibility index (Phi) is 5.42. The average molecular weight is 304 g/mol. The largest absolute Gasteiger partial charge is 0.240 e. The van der Waals surface area contributed by atoms with Crippen LogP contribution in [0.4, 0.5) is 0 Å². The van der Waals surface area contributed by atoms with Gasteiger partial charge in [-0.1, -0.05) is 38.5 Å². The molecule has 0 spiro atoms. The van der Waals surface area contributed by atoms with E-state index >= 15 is 0 Å². The number of aryl methyl sites for hydroxylation is 1. The molecule has 0 radical (unpaired) electrons. The molecule has 1 rings (SSSR count). The number of rotatable bonds is 5. The van der Waals surface area contributed by atoms with Crippen LogP contribution in [0.2, 0.25) is 0 Å². The minimum Gasteiger partial charge on any atom is -0.208 e. The molecule has 0 aliphatic carbocycles. The Morgan fingerprint density at radius 3 is 2.16 bits per heavy atom. The maximum Gasteiger partial charge on any atom is 0.240 e. The minimum atomic E-state index is -3.49. The van der Waals surface area contributed by atoms with Crippen molar-refractivity contribution in [3.63, 3.8) is 0 Å². The molecule has 0 aliphatic heterocycles. The van der Waals surface area contributed by atoms with Crippen molar-refractivity contribution >= 4 is 21.6 Å². The highest BCUT2D eigenvalue weighted by molar-refractivity contribution is 7.89. The topological polar surface area (TPSA) is 46.2 Å². The zero-order chi connectivity index (χ0) is 14.7. The average Bonchev–Trinajstić information content (AvgIpc) is 2.27. The van der Waals surface area contributed by atoms with Gasteiger partial charge in [-0.25, -0.2) is 13.1 Å². The van der Waals surface area contributed by atoms with E-state index in [1.165, 1.54) is 0 Å². The molecule has 0 aromatic heterocycles. The molecule has 0 amide bonds. The van der Waals surface area contributed by atoms with Gasteiger partial charge >= 0.3 is 0 Å². The van der Waals surface area contributed by atoms with Crippen molar-refractivity contribution in [2.24, 2.45) is 5.41 Å². The van der Waals surface area contributed by atoms with Crippen LogP contribution >= 0.6 is 11.6 Å². The van der Waals surface area contributed by atoms with Gasteiger partial charge in [0.25, 0.3) is 0 Å². The van der Waals surface area contributed by atoms with Gasteiger partial charge in [0.05, 0.1) is 4.90 Å². The predicted octanol–water partition coefficient (Wildman–Crippen LogP) is 3.32. The Balaban J connectivity index is 2.97. The molecule has 1 N–H and O–H groups in total. The Bertz CT molecular complexity index is 503. The smallest absolute Gasteiger partial charge is 0.208 e. The van der Waals surface area contributed by atoms with Gasteiger partial charge in [-0.2, -0.15) is 0 Å². The summed E-state index contributed by atoms with van der Waals surface area (Å²) in [6, 6.07) is 6.65. The summed E-state index contributed by atoms with van der Waals surface area (Å²) >= 11 is 5.76. The number of benzene rings is 1. The number of hydrogen-bond donors (Lipinski definition) is 1. The molecule has 0 saturated carbocycles. The second kappa shape index (κ2) is 6.25. The van der Waals surface area contributed by atoms with Crippen molar-refractivity contribution in [2.75, 3.05) is 5.88 Å². The summed E-state index contributed by atoms with van der Waals surface area (Å²) in [5, 5.41) is 0. The van der Waals surface area contributed by atoms with Crippen LogP contribution in [-0.2, 0) is 10.0 Å². The second-order valence-electron chi connectivity index (χ2n) is 5.83. The summed E-state index contributed by atoms with van der Waals surface area (Å²) in [6.45, 7) is 7.93. The quantitative estimate of drug-likeness (QED) is 0.848. The van der Waals surface area contributed by atoms with Crippen LogP contribution in [0.15, 0.2) is 29.2 Å². The first-order chi connectivity index (χ1) is 8.66. The van der Waals surface area contributed by atoms with Gasteiger partial charge in [0.1, 0.15) is 0 Å². The van der Waals surface area contributed by atoms with Crippen LogP contribution < -0.4 is 4.72 Å². The zero-order valence-corrected chi connectivity index (χ0v) is 13.5. The van der Waals surface area contributed by atoms with E-state index in [4.69, 9.17) is 11.6 Å². The number of nitrogens with one attached hydrogen (secondary N) is 1. The molecule has 3 nitrogen and oxygen atoms in total. The molecule has 0 saturated heterocycles. The highest BCUT2D eigenvalue weighted by Crippen LogP contribution is 2.24. The lowest BCUT2D eigenvalue weighted by Gasteiger charge is -2.30. The van der Waals surface area contributed by atoms with Gasteiger partial charge in [-0.05, 0) is 30.9 Å². The molecule has 1 aromatic carbocycles. The van der Waals surface area contributed by atoms with E-state index in [2.05, 4.69) is 4.72 Å². The van der Waals surface area contributed by atoms with Crippen LogP contribution in [0.1, 0.15) is 32.8 Å². The second-order valence-corrected chi connectivity index (χ2v) is 7.92. The van der Waals surface area contributed by atoms with E-state index in [1.54, 1.807) is 24.3 Å². The molecule has 0 aliphatic rings. The van der Waals surface area contributed by atoms with Crippen LogP contribution in [0.25, 0.3) is 0 Å². The highest BCUT2D eigenvalue weighted by Gasteiger charge is 2.29. The molecular formula is C14H22ClNO2S. The van der Waals surface area contributed by atoms with E-state index in [1.807, 2.05) is 27.7 Å². The first-order valence-electron chi connectivity index (χ1n) is 6.32. The maximum atomic E-state index is 12.3. The van der Waals surface area contributed by atoms with E-state index in [0.29, 0.717) is 17.2 Å². The maximum absolute atomic E-state index is 12.3. The monoisotopic (exact) mass is 303 g/mol. The molecule has 0 fully saturated rings. The summed E-state index contributed by atoms with van der Waals surface area (Å²) in [4.78, 5) is 0.293. The zero-order valence-electron chi connectivity index (χ0n) is 11.9. The summed E-state index contributed by atoms with van der Waals surface area (Å²) in [5.41, 5.74) is 0.860. The van der Waals surface area contributed by atoms with Gasteiger partial charge < -0.3 is 0 Å². The fourth-order valence-electron chi connectivity index (χ4n) is 1.75. The fraction of sp³-hybridized carbons (Fsp3) is 0.571. The van der Waals surface area contributed by atoms with E-state index in [0.717, 1.165) is 5.56 Å². The lowest BCUT2D eigenvalue weighted by Crippen LogP contribution is -2.43. The molecule has 0 bridgehead atoms. The van der Waals surface area contributed by atoms with Crippen molar-refractivity contribution < 1.29 is 8.42 Å². The van der Waals surface area contributed by atoms with E-state index < -0.39 is 10.0 Å². The summed E-state index contributed by atoms with van der Waals surface area (Å²) < 4.78 is 27.4. The third-order valence-electron chi connectivity index (χ3n) is 3.07. The summed E-state index contributed by atoms with van der Waals surface area (Å²) in [5.74, 6) is 0.429. The molecule has 19 heavy (non-hydrogen) atoms. The molecule has 0 heterocycles. The molecule has 108 valence electrons. The van der Waals surface area contributed by atoms with Crippen molar-refractivity contribution in [1.82, 2.24) is 4.72 Å². The third kappa shape index (κ3) is 4.79. The molecular weight excluding hydrogens is 282 g/mol. The third-order valence-corrected chi connectivity index (χ3v) is 4.78. The standard InChI is InChI=1S/C14H22ClNO2S/c1-11-5-7-12(8-6-11)19(17,18)16-13(9-10-15)14(2,3)4/h5-8,13,16H,9-10H2,1-4H3. The summed E-state index contributed by atoms with van der Waals surface area (Å²) in [6.07, 6.45) is 0.607. The van der Waals surface area contributed by atoms with Gasteiger partial charge in [0.2, 0.25) is 10.0 Å². The first kappa shape index (κ1) is 16.5. The van der Waals surface area contributed by atoms with E-state index in [9.17, 15) is 8.42 Å². The van der Waals surface area contributed by atoms with Crippen LogP contribution in [-0.4, -0.2) is 20.3 Å². The molecule has 1 aromatic rings. The number of sulfonamides is 1. The summed E-state index contributed by atoms with van der Waals surface area (Å²) in [7, 11) is -3.49. The lowest BCUT2D eigenvalue weighted by molar-refractivity contribution is 0.292. The molecule has 5 heteroatoms. The van der Waals surface area contributed by atoms with Gasteiger partial charge in [0, 0.05) is 11.9 Å². The first-order valence-corrected chi connectivity index (χ1v) is 8.33. The van der Waals surface area contributed by atoms with Crippen molar-refractivity contribution in [3.05, 3.63) is 29.8 Å². The Morgan fingerprint density at radius 2 is 1.74 bits per heavy atom. The SMILES string of the molecule is Cc1ccc(S(=O)(=O)NC(CCCl)C(C)(C)C)cc1. The van der Waals surface area contributed by atoms with Crippen LogP contribution in [0.5, 0.6) is 0 Å². The van der Waals surface area contributed by atoms with Gasteiger partial charge in [-0.3, -0.25) is 0 Å². The van der Waals surface area contributed by atoms with E-state index in [-0.39, 0.29) is 11.5 Å².